The van der Waals surface area contributed by atoms with E-state index in [0.29, 0.717) is 6.07 Å². The van der Waals surface area contributed by atoms with Gasteiger partial charge in [-0.25, -0.2) is 8.78 Å². The first-order valence-electron chi connectivity index (χ1n) is 6.39. The van der Waals surface area contributed by atoms with Gasteiger partial charge in [-0.1, -0.05) is 20.8 Å². The maximum atomic E-state index is 13.4. The lowest BCUT2D eigenvalue weighted by Gasteiger charge is -2.24. The predicted octanol–water partition coefficient (Wildman–Crippen LogP) is 4.24. The fourth-order valence-corrected chi connectivity index (χ4v) is 2.08. The Labute approximate surface area is 128 Å². The summed E-state index contributed by atoms with van der Waals surface area (Å²) in [5.41, 5.74) is -3.39. The van der Waals surface area contributed by atoms with Crippen LogP contribution in [0.5, 0.6) is 0 Å². The van der Waals surface area contributed by atoms with Crippen molar-refractivity contribution in [1.82, 2.24) is 0 Å². The number of benzene rings is 1. The molecule has 10 heteroatoms. The second-order valence-electron chi connectivity index (χ2n) is 5.99. The fourth-order valence-electron chi connectivity index (χ4n) is 2.08. The van der Waals surface area contributed by atoms with E-state index in [0.717, 1.165) is 6.07 Å². The van der Waals surface area contributed by atoms with E-state index < -0.39 is 51.0 Å². The number of nitro groups is 2. The number of hydrogen-bond acceptors (Lipinski definition) is 4. The Kier molecular flexibility index (Phi) is 4.97. The van der Waals surface area contributed by atoms with Crippen molar-refractivity contribution in [2.75, 3.05) is 0 Å². The van der Waals surface area contributed by atoms with Crippen LogP contribution in [0.3, 0.4) is 0 Å². The average Bonchev–Trinajstić information content (AvgIpc) is 2.36. The zero-order valence-electron chi connectivity index (χ0n) is 12.5. The summed E-state index contributed by atoms with van der Waals surface area (Å²) in [6, 6.07) is 1.41. The number of nitrogens with zero attached hydrogens (tertiary/aromatic N) is 2. The molecule has 0 heterocycles. The average molecular weight is 338 g/mol. The molecule has 0 amide bonds. The number of halogens is 4. The van der Waals surface area contributed by atoms with Crippen molar-refractivity contribution < 1.29 is 27.4 Å². The summed E-state index contributed by atoms with van der Waals surface area (Å²) in [4.78, 5) is 20.0. The Morgan fingerprint density at radius 1 is 1.09 bits per heavy atom. The Hall–Kier alpha value is -2.26. The molecular weight excluding hydrogens is 324 g/mol. The molecule has 0 spiro atoms. The highest BCUT2D eigenvalue weighted by molar-refractivity contribution is 5.56. The third kappa shape index (κ3) is 4.14. The van der Waals surface area contributed by atoms with E-state index in [1.165, 1.54) is 20.8 Å². The van der Waals surface area contributed by atoms with Crippen molar-refractivity contribution in [2.45, 2.75) is 45.0 Å². The Morgan fingerprint density at radius 3 is 1.96 bits per heavy atom. The van der Waals surface area contributed by atoms with E-state index in [1.54, 1.807) is 0 Å². The molecule has 6 nitrogen and oxygen atoms in total. The molecule has 0 radical (unpaired) electrons. The lowest BCUT2D eigenvalue weighted by molar-refractivity contribution is -0.394. The quantitative estimate of drug-likeness (QED) is 0.456. The van der Waals surface area contributed by atoms with Crippen LogP contribution >= 0.6 is 0 Å². The fraction of sp³-hybridized carbons (Fsp3) is 0.538. The largest absolute Gasteiger partial charge is 0.311 e. The highest BCUT2D eigenvalue weighted by Crippen LogP contribution is 2.39. The standard InChI is InChI=1S/C13H14F4N2O4/c1-12(2,3)9-4-7(18(20)21)5-10(19(22)23)8(9)6-13(16,17)11(14)15/h4-5,11H,6H2,1-3H3. The summed E-state index contributed by atoms with van der Waals surface area (Å²) >= 11 is 0. The zero-order chi connectivity index (χ0) is 18.2. The molecule has 0 aliphatic heterocycles. The highest BCUT2D eigenvalue weighted by atomic mass is 19.3. The van der Waals surface area contributed by atoms with Crippen LogP contribution in [-0.2, 0) is 11.8 Å². The van der Waals surface area contributed by atoms with Gasteiger partial charge in [0.2, 0.25) is 0 Å². The monoisotopic (exact) mass is 338 g/mol. The molecule has 0 N–H and O–H groups in total. The van der Waals surface area contributed by atoms with Crippen LogP contribution in [0.2, 0.25) is 0 Å². The summed E-state index contributed by atoms with van der Waals surface area (Å²) in [5.74, 6) is -4.49. The molecule has 23 heavy (non-hydrogen) atoms. The van der Waals surface area contributed by atoms with Gasteiger partial charge in [-0.3, -0.25) is 20.2 Å². The molecule has 0 aliphatic rings. The van der Waals surface area contributed by atoms with Crippen molar-refractivity contribution in [1.29, 1.82) is 0 Å². The van der Waals surface area contributed by atoms with Crippen molar-refractivity contribution in [2.24, 2.45) is 0 Å². The third-order valence-electron chi connectivity index (χ3n) is 3.16. The van der Waals surface area contributed by atoms with Gasteiger partial charge in [0.15, 0.2) is 0 Å². The van der Waals surface area contributed by atoms with E-state index in [1.807, 2.05) is 0 Å². The lowest BCUT2D eigenvalue weighted by atomic mass is 9.81. The van der Waals surface area contributed by atoms with Gasteiger partial charge in [-0.15, -0.1) is 0 Å². The Morgan fingerprint density at radius 2 is 1.61 bits per heavy atom. The van der Waals surface area contributed by atoms with Gasteiger partial charge < -0.3 is 0 Å². The maximum Gasteiger partial charge on any atom is 0.311 e. The summed E-state index contributed by atoms with van der Waals surface area (Å²) < 4.78 is 51.7. The molecule has 0 saturated heterocycles. The molecule has 1 aromatic carbocycles. The number of nitro benzene ring substituents is 2. The van der Waals surface area contributed by atoms with Crippen LogP contribution in [0.15, 0.2) is 12.1 Å². The summed E-state index contributed by atoms with van der Waals surface area (Å²) in [6.07, 6.45) is -5.59. The van der Waals surface area contributed by atoms with Crippen molar-refractivity contribution in [3.05, 3.63) is 43.5 Å². The molecule has 0 saturated carbocycles. The normalized spacial score (nSPS) is 12.5. The smallest absolute Gasteiger partial charge is 0.258 e. The Balaban J connectivity index is 3.70. The van der Waals surface area contributed by atoms with E-state index in [-0.39, 0.29) is 5.56 Å². The maximum absolute atomic E-state index is 13.4. The second-order valence-corrected chi connectivity index (χ2v) is 5.99. The lowest BCUT2D eigenvalue weighted by Crippen LogP contribution is -2.31. The molecule has 1 rings (SSSR count). The molecule has 128 valence electrons. The second kappa shape index (κ2) is 6.09. The van der Waals surface area contributed by atoms with Crippen LogP contribution in [0.25, 0.3) is 0 Å². The molecule has 1 aromatic rings. The molecule has 0 aliphatic carbocycles. The van der Waals surface area contributed by atoms with Crippen molar-refractivity contribution >= 4 is 11.4 Å². The molecule has 0 fully saturated rings. The van der Waals surface area contributed by atoms with Crippen LogP contribution in [0.1, 0.15) is 31.9 Å². The molecule has 0 bridgehead atoms. The van der Waals surface area contributed by atoms with Crippen LogP contribution in [0.4, 0.5) is 28.9 Å². The SMILES string of the molecule is CC(C)(C)c1cc([N+](=O)[O-])cc([N+](=O)[O-])c1CC(F)(F)C(F)F. The van der Waals surface area contributed by atoms with E-state index in [9.17, 15) is 37.8 Å². The van der Waals surface area contributed by atoms with Gasteiger partial charge in [-0.05, 0) is 11.0 Å². The number of alkyl halides is 4. The van der Waals surface area contributed by atoms with E-state index in [4.69, 9.17) is 0 Å². The van der Waals surface area contributed by atoms with E-state index >= 15 is 0 Å². The van der Waals surface area contributed by atoms with Gasteiger partial charge in [0.25, 0.3) is 11.4 Å². The zero-order valence-corrected chi connectivity index (χ0v) is 12.5. The first kappa shape index (κ1) is 18.8. The minimum atomic E-state index is -4.49. The van der Waals surface area contributed by atoms with Gasteiger partial charge in [0.1, 0.15) is 0 Å². The minimum Gasteiger partial charge on any atom is -0.258 e. The van der Waals surface area contributed by atoms with E-state index in [2.05, 4.69) is 0 Å². The van der Waals surface area contributed by atoms with Crippen LogP contribution in [0, 0.1) is 20.2 Å². The van der Waals surface area contributed by atoms with Gasteiger partial charge >= 0.3 is 12.3 Å². The van der Waals surface area contributed by atoms with Crippen LogP contribution < -0.4 is 0 Å². The highest BCUT2D eigenvalue weighted by Gasteiger charge is 2.44. The number of rotatable bonds is 5. The topological polar surface area (TPSA) is 86.3 Å². The van der Waals surface area contributed by atoms with Gasteiger partial charge in [-0.2, -0.15) is 8.78 Å². The van der Waals surface area contributed by atoms with Crippen molar-refractivity contribution in [3.8, 4) is 0 Å². The molecule has 0 aromatic heterocycles. The van der Waals surface area contributed by atoms with Crippen molar-refractivity contribution in [3.63, 3.8) is 0 Å². The summed E-state index contributed by atoms with van der Waals surface area (Å²) in [7, 11) is 0. The van der Waals surface area contributed by atoms with Crippen LogP contribution in [-0.4, -0.2) is 22.2 Å². The first-order valence-corrected chi connectivity index (χ1v) is 6.39. The minimum absolute atomic E-state index is 0.140. The summed E-state index contributed by atoms with van der Waals surface area (Å²) in [5, 5.41) is 22.0. The molecule has 0 atom stereocenters. The first-order chi connectivity index (χ1) is 10.3. The number of hydrogen-bond donors (Lipinski definition) is 0. The Bertz CT molecular complexity index is 642. The predicted molar refractivity (Wildman–Crippen MR) is 73.1 cm³/mol. The van der Waals surface area contributed by atoms with Gasteiger partial charge in [0, 0.05) is 18.1 Å². The third-order valence-corrected chi connectivity index (χ3v) is 3.16. The molecule has 0 unspecified atom stereocenters. The number of non-ortho nitro benzene ring substituents is 1. The summed E-state index contributed by atoms with van der Waals surface area (Å²) in [6.45, 7) is 4.46. The van der Waals surface area contributed by atoms with Gasteiger partial charge in [0.05, 0.1) is 15.9 Å². The molecular formula is C13H14F4N2O4.